The summed E-state index contributed by atoms with van der Waals surface area (Å²) in [4.78, 5) is 2.57. The lowest BCUT2D eigenvalue weighted by molar-refractivity contribution is -0.0426. The van der Waals surface area contributed by atoms with Crippen LogP contribution in [0.25, 0.3) is 12.2 Å². The lowest BCUT2D eigenvalue weighted by Crippen LogP contribution is -2.43. The number of piperidine rings is 1. The van der Waals surface area contributed by atoms with Gasteiger partial charge in [-0.25, -0.2) is 0 Å². The molecule has 0 aliphatic carbocycles. The van der Waals surface area contributed by atoms with Crippen molar-refractivity contribution in [3.05, 3.63) is 125 Å². The molecule has 238 valence electrons. The molecule has 0 amide bonds. The second kappa shape index (κ2) is 15.7. The van der Waals surface area contributed by atoms with Crippen LogP contribution in [0.3, 0.4) is 0 Å². The molecule has 0 aromatic heterocycles. The van der Waals surface area contributed by atoms with E-state index < -0.39 is 10.4 Å². The number of hydrogen-bond acceptors (Lipinski definition) is 7. The minimum atomic E-state index is -4.67. The molecule has 4 aromatic rings. The summed E-state index contributed by atoms with van der Waals surface area (Å²) < 4.78 is 38.2. The van der Waals surface area contributed by atoms with Gasteiger partial charge in [0.15, 0.2) is 0 Å². The van der Waals surface area contributed by atoms with Gasteiger partial charge in [-0.1, -0.05) is 84.9 Å². The molecule has 0 spiro atoms. The third-order valence-corrected chi connectivity index (χ3v) is 7.87. The van der Waals surface area contributed by atoms with Gasteiger partial charge in [0.25, 0.3) is 0 Å². The number of nitrogens with zero attached hydrogens (tertiary/aromatic N) is 1. The first-order chi connectivity index (χ1) is 21.4. The summed E-state index contributed by atoms with van der Waals surface area (Å²) in [6, 6.07) is 33.8. The fourth-order valence-electron chi connectivity index (χ4n) is 5.76. The molecule has 2 unspecified atom stereocenters. The Morgan fingerprint density at radius 3 is 1.60 bits per heavy atom. The van der Waals surface area contributed by atoms with Crippen LogP contribution in [-0.2, 0) is 15.1 Å². The fourth-order valence-corrected chi connectivity index (χ4v) is 5.76. The molecule has 10 heteroatoms. The molecular weight excluding hydrogens is 594 g/mol. The van der Waals surface area contributed by atoms with Crippen LogP contribution >= 0.6 is 0 Å². The van der Waals surface area contributed by atoms with Crippen LogP contribution in [0.4, 0.5) is 0 Å². The number of phenols is 3. The molecule has 4 aromatic carbocycles. The molecule has 2 bridgehead atoms. The van der Waals surface area contributed by atoms with Crippen LogP contribution in [0.5, 0.6) is 17.2 Å². The van der Waals surface area contributed by atoms with Crippen molar-refractivity contribution in [3.63, 3.8) is 0 Å². The molecule has 5 N–H and O–H groups in total. The topological polar surface area (TPSA) is 148 Å². The molecule has 2 saturated heterocycles. The van der Waals surface area contributed by atoms with Gasteiger partial charge in [-0.05, 0) is 79.3 Å². The Hall–Kier alpha value is -4.19. The van der Waals surface area contributed by atoms with Crippen molar-refractivity contribution >= 4 is 22.6 Å². The Bertz CT molecular complexity index is 1550. The first kappa shape index (κ1) is 33.7. The maximum atomic E-state index is 9.30. The SMILES string of the molecule is CN1C2CCC1CC(OC(c1ccccc1)c1ccccc1)C2.O=S(=O)(O)O.Oc1ccc(C=Cc2cc(O)cc(O)c2)cc1. The van der Waals surface area contributed by atoms with Gasteiger partial charge in [0.2, 0.25) is 0 Å². The Balaban J connectivity index is 0.000000185. The van der Waals surface area contributed by atoms with E-state index in [1.54, 1.807) is 42.5 Å². The number of ether oxygens (including phenoxy) is 1. The summed E-state index contributed by atoms with van der Waals surface area (Å²) in [6.07, 6.45) is 9.02. The quantitative estimate of drug-likeness (QED) is 0.115. The van der Waals surface area contributed by atoms with E-state index in [1.807, 2.05) is 6.08 Å². The summed E-state index contributed by atoms with van der Waals surface area (Å²) >= 11 is 0. The van der Waals surface area contributed by atoms with Crippen molar-refractivity contribution in [2.24, 2.45) is 0 Å². The van der Waals surface area contributed by atoms with Gasteiger partial charge in [0, 0.05) is 18.2 Å². The second-order valence-electron chi connectivity index (χ2n) is 11.1. The summed E-state index contributed by atoms with van der Waals surface area (Å²) in [7, 11) is -2.38. The Morgan fingerprint density at radius 1 is 0.689 bits per heavy atom. The van der Waals surface area contributed by atoms with Crippen LogP contribution in [-0.4, -0.2) is 63.0 Å². The largest absolute Gasteiger partial charge is 0.508 e. The van der Waals surface area contributed by atoms with Crippen molar-refractivity contribution in [1.82, 2.24) is 4.90 Å². The molecule has 45 heavy (non-hydrogen) atoms. The van der Waals surface area contributed by atoms with E-state index in [-0.39, 0.29) is 23.4 Å². The first-order valence-electron chi connectivity index (χ1n) is 14.6. The highest BCUT2D eigenvalue weighted by molar-refractivity contribution is 7.79. The Morgan fingerprint density at radius 2 is 1.13 bits per heavy atom. The number of hydrogen-bond donors (Lipinski definition) is 5. The molecule has 2 aliphatic rings. The van der Waals surface area contributed by atoms with Gasteiger partial charge in [0.05, 0.1) is 6.10 Å². The minimum Gasteiger partial charge on any atom is -0.508 e. The molecule has 2 heterocycles. The van der Waals surface area contributed by atoms with Crippen LogP contribution < -0.4 is 0 Å². The number of benzene rings is 4. The number of phenolic OH excluding ortho intramolecular Hbond substituents is 3. The van der Waals surface area contributed by atoms with Crippen LogP contribution in [0.2, 0.25) is 0 Å². The number of rotatable bonds is 6. The van der Waals surface area contributed by atoms with Crippen molar-refractivity contribution in [1.29, 1.82) is 0 Å². The van der Waals surface area contributed by atoms with Gasteiger partial charge in [-0.3, -0.25) is 9.11 Å². The fraction of sp³-hybridized carbons (Fsp3) is 0.257. The van der Waals surface area contributed by atoms with E-state index in [9.17, 15) is 10.2 Å². The van der Waals surface area contributed by atoms with Gasteiger partial charge in [-0.2, -0.15) is 8.42 Å². The Labute approximate surface area is 264 Å². The number of fused-ring (bicyclic) bond motifs is 2. The van der Waals surface area contributed by atoms with Gasteiger partial charge in [-0.15, -0.1) is 0 Å². The highest BCUT2D eigenvalue weighted by atomic mass is 32.3. The lowest BCUT2D eigenvalue weighted by Gasteiger charge is -2.38. The molecule has 2 fully saturated rings. The van der Waals surface area contributed by atoms with Crippen molar-refractivity contribution in [3.8, 4) is 17.2 Å². The van der Waals surface area contributed by atoms with Crippen molar-refractivity contribution in [2.75, 3.05) is 7.05 Å². The van der Waals surface area contributed by atoms with Crippen LogP contribution in [0.15, 0.2) is 103 Å². The molecule has 9 nitrogen and oxygen atoms in total. The Kier molecular flexibility index (Phi) is 11.8. The van der Waals surface area contributed by atoms with E-state index in [2.05, 4.69) is 72.6 Å². The summed E-state index contributed by atoms with van der Waals surface area (Å²) in [6.45, 7) is 0. The molecule has 2 aliphatic heterocycles. The average molecular weight is 634 g/mol. The van der Waals surface area contributed by atoms with E-state index in [1.165, 1.54) is 42.9 Å². The predicted octanol–water partition coefficient (Wildman–Crippen LogP) is 6.74. The summed E-state index contributed by atoms with van der Waals surface area (Å²) in [5, 5.41) is 27.7. The third kappa shape index (κ3) is 11.0. The van der Waals surface area contributed by atoms with E-state index in [4.69, 9.17) is 27.4 Å². The highest BCUT2D eigenvalue weighted by Gasteiger charge is 2.39. The lowest BCUT2D eigenvalue weighted by atomic mass is 9.97. The zero-order chi connectivity index (χ0) is 32.4. The average Bonchev–Trinajstić information content (AvgIpc) is 3.19. The van der Waals surface area contributed by atoms with Crippen molar-refractivity contribution < 1.29 is 37.6 Å². The van der Waals surface area contributed by atoms with Crippen LogP contribution in [0, 0.1) is 0 Å². The van der Waals surface area contributed by atoms with Gasteiger partial charge in [0.1, 0.15) is 23.4 Å². The molecular formula is C35H39NO8S. The molecule has 0 saturated carbocycles. The smallest absolute Gasteiger partial charge is 0.394 e. The zero-order valence-electron chi connectivity index (χ0n) is 24.9. The van der Waals surface area contributed by atoms with E-state index >= 15 is 0 Å². The summed E-state index contributed by atoms with van der Waals surface area (Å²) in [5.41, 5.74) is 4.14. The normalized spacial score (nSPS) is 19.4. The first-order valence-corrected chi connectivity index (χ1v) is 16.0. The zero-order valence-corrected chi connectivity index (χ0v) is 25.7. The standard InChI is InChI=1S/C21H25NO.C14H12O3.H2O4S/c1-22-18-12-13-19(22)15-20(14-18)23-21(16-8-4-2-5-9-16)17-10-6-3-7-11-17;15-12-5-3-10(4-6-12)1-2-11-7-13(16)9-14(17)8-11;1-5(2,3)4/h2-11,18-21H,12-15H2,1H3;1-9,15-17H;(H2,1,2,3,4). The number of aromatic hydroxyl groups is 3. The highest BCUT2D eigenvalue weighted by Crippen LogP contribution is 2.38. The maximum Gasteiger partial charge on any atom is 0.394 e. The van der Waals surface area contributed by atoms with Crippen molar-refractivity contribution in [2.45, 2.75) is 50.0 Å². The molecule has 0 radical (unpaired) electrons. The third-order valence-electron chi connectivity index (χ3n) is 7.87. The van der Waals surface area contributed by atoms with Crippen LogP contribution in [0.1, 0.15) is 54.0 Å². The van der Waals surface area contributed by atoms with E-state index in [0.29, 0.717) is 23.8 Å². The van der Waals surface area contributed by atoms with E-state index in [0.717, 1.165) is 5.56 Å². The summed E-state index contributed by atoms with van der Waals surface area (Å²) in [5.74, 6) is 0.267. The molecule has 2 atom stereocenters. The second-order valence-corrected chi connectivity index (χ2v) is 12.0. The van der Waals surface area contributed by atoms with Gasteiger partial charge < -0.3 is 25.0 Å². The maximum absolute atomic E-state index is 9.30. The molecule has 6 rings (SSSR count). The predicted molar refractivity (Wildman–Crippen MR) is 174 cm³/mol. The van der Waals surface area contributed by atoms with Gasteiger partial charge >= 0.3 is 10.4 Å². The minimum absolute atomic E-state index is 0.0235. The monoisotopic (exact) mass is 633 g/mol.